The van der Waals surface area contributed by atoms with Crippen LogP contribution in [0.3, 0.4) is 0 Å². The molecule has 0 aliphatic heterocycles. The molecule has 0 aromatic heterocycles. The van der Waals surface area contributed by atoms with Crippen molar-refractivity contribution < 1.29 is 14.2 Å². The highest BCUT2D eigenvalue weighted by atomic mass is 16.5. The van der Waals surface area contributed by atoms with Gasteiger partial charge < -0.3 is 14.2 Å². The van der Waals surface area contributed by atoms with E-state index in [1.54, 1.807) is 21.3 Å². The van der Waals surface area contributed by atoms with E-state index >= 15 is 0 Å². The van der Waals surface area contributed by atoms with E-state index in [1.807, 2.05) is 30.7 Å². The summed E-state index contributed by atoms with van der Waals surface area (Å²) < 4.78 is 16.1. The van der Waals surface area contributed by atoms with Crippen LogP contribution in [0.2, 0.25) is 0 Å². The molecule has 0 bridgehead atoms. The van der Waals surface area contributed by atoms with Gasteiger partial charge in [-0.1, -0.05) is 18.2 Å². The van der Waals surface area contributed by atoms with Crippen LogP contribution in [-0.2, 0) is 4.74 Å². The predicted octanol–water partition coefficient (Wildman–Crippen LogP) is 2.51. The van der Waals surface area contributed by atoms with Crippen LogP contribution in [0.5, 0.6) is 11.5 Å². The van der Waals surface area contributed by atoms with Crippen LogP contribution in [-0.4, -0.2) is 21.3 Å². The normalized spacial score (nSPS) is 18.1. The molecule has 0 saturated heterocycles. The van der Waals surface area contributed by atoms with Crippen molar-refractivity contribution in [2.45, 2.75) is 6.10 Å². The van der Waals surface area contributed by atoms with Gasteiger partial charge in [-0.3, -0.25) is 0 Å². The number of ether oxygens (including phenoxy) is 3. The first-order valence-electron chi connectivity index (χ1n) is 5.11. The van der Waals surface area contributed by atoms with Crippen LogP contribution in [0.15, 0.2) is 24.3 Å². The summed E-state index contributed by atoms with van der Waals surface area (Å²) in [6.45, 7) is 0. The number of fused-ring (bicyclic) bond motifs is 1. The van der Waals surface area contributed by atoms with Crippen LogP contribution in [0.25, 0.3) is 0 Å². The summed E-state index contributed by atoms with van der Waals surface area (Å²) in [5.41, 5.74) is 2.12. The van der Waals surface area contributed by atoms with Gasteiger partial charge in [0.2, 0.25) is 0 Å². The Balaban J connectivity index is 2.57. The van der Waals surface area contributed by atoms with Crippen molar-refractivity contribution in [2.24, 2.45) is 0 Å². The van der Waals surface area contributed by atoms with Crippen molar-refractivity contribution in [1.82, 2.24) is 0 Å². The Morgan fingerprint density at radius 3 is 2.50 bits per heavy atom. The summed E-state index contributed by atoms with van der Waals surface area (Å²) in [5.74, 6) is 1.47. The van der Waals surface area contributed by atoms with Crippen LogP contribution in [0.1, 0.15) is 17.2 Å². The molecule has 0 amide bonds. The Morgan fingerprint density at radius 2 is 1.88 bits per heavy atom. The number of hydrogen-bond donors (Lipinski definition) is 0. The number of allylic oxidation sites excluding steroid dienone is 1. The second-order valence-corrected chi connectivity index (χ2v) is 3.51. The van der Waals surface area contributed by atoms with Gasteiger partial charge in [-0.15, -0.1) is 0 Å². The second kappa shape index (κ2) is 4.58. The summed E-state index contributed by atoms with van der Waals surface area (Å²) in [7, 11) is 4.96. The summed E-state index contributed by atoms with van der Waals surface area (Å²) in [4.78, 5) is 0. The van der Waals surface area contributed by atoms with Crippen LogP contribution in [0.4, 0.5) is 0 Å². The molecule has 0 spiro atoms. The Morgan fingerprint density at radius 1 is 1.06 bits per heavy atom. The third-order valence-electron chi connectivity index (χ3n) is 2.72. The van der Waals surface area contributed by atoms with Crippen LogP contribution < -0.4 is 9.47 Å². The number of benzene rings is 1. The molecule has 0 fully saturated rings. The minimum atomic E-state index is -0.0787. The topological polar surface area (TPSA) is 27.7 Å². The highest BCUT2D eigenvalue weighted by molar-refractivity contribution is 5.57. The molecular formula is C13H15O3. The maximum atomic E-state index is 5.42. The van der Waals surface area contributed by atoms with Gasteiger partial charge in [0.25, 0.3) is 0 Å². The van der Waals surface area contributed by atoms with Crippen LogP contribution in [0, 0.1) is 6.42 Å². The van der Waals surface area contributed by atoms with Gasteiger partial charge in [-0.25, -0.2) is 0 Å². The van der Waals surface area contributed by atoms with Gasteiger partial charge in [0, 0.05) is 19.1 Å². The Kier molecular flexibility index (Phi) is 3.15. The van der Waals surface area contributed by atoms with E-state index in [0.29, 0.717) is 0 Å². The maximum absolute atomic E-state index is 5.42. The predicted molar refractivity (Wildman–Crippen MR) is 61.8 cm³/mol. The Bertz CT molecular complexity index is 410. The number of methoxy groups -OCH3 is 3. The number of rotatable bonds is 3. The minimum Gasteiger partial charge on any atom is -0.493 e. The van der Waals surface area contributed by atoms with E-state index in [-0.39, 0.29) is 6.10 Å². The number of hydrogen-bond acceptors (Lipinski definition) is 3. The van der Waals surface area contributed by atoms with Gasteiger partial charge in [0.1, 0.15) is 6.10 Å². The zero-order chi connectivity index (χ0) is 11.5. The lowest BCUT2D eigenvalue weighted by molar-refractivity contribution is 0.138. The quantitative estimate of drug-likeness (QED) is 0.781. The van der Waals surface area contributed by atoms with Crippen LogP contribution >= 0.6 is 0 Å². The Labute approximate surface area is 95.6 Å². The SMILES string of the molecule is COc1ccc2c(c1OC)C(OC)C=C[CH]2. The van der Waals surface area contributed by atoms with E-state index in [0.717, 1.165) is 22.6 Å². The smallest absolute Gasteiger partial charge is 0.167 e. The molecule has 1 atom stereocenters. The maximum Gasteiger partial charge on any atom is 0.167 e. The molecule has 3 nitrogen and oxygen atoms in total. The lowest BCUT2D eigenvalue weighted by atomic mass is 9.93. The summed E-state index contributed by atoms with van der Waals surface area (Å²) in [6, 6.07) is 3.91. The second-order valence-electron chi connectivity index (χ2n) is 3.51. The third kappa shape index (κ3) is 1.67. The van der Waals surface area contributed by atoms with Gasteiger partial charge in [-0.05, 0) is 11.6 Å². The molecule has 1 aliphatic carbocycles. The van der Waals surface area contributed by atoms with Crippen molar-refractivity contribution >= 4 is 0 Å². The largest absolute Gasteiger partial charge is 0.493 e. The van der Waals surface area contributed by atoms with Crippen molar-refractivity contribution in [3.63, 3.8) is 0 Å². The lowest BCUT2D eigenvalue weighted by Crippen LogP contribution is -2.09. The average Bonchev–Trinajstić information content (AvgIpc) is 2.36. The molecule has 1 aromatic rings. The fourth-order valence-corrected chi connectivity index (χ4v) is 1.96. The van der Waals surface area contributed by atoms with Crippen molar-refractivity contribution in [2.75, 3.05) is 21.3 Å². The molecule has 0 heterocycles. The summed E-state index contributed by atoms with van der Waals surface area (Å²) in [6.07, 6.45) is 5.93. The Hall–Kier alpha value is -1.48. The fourth-order valence-electron chi connectivity index (χ4n) is 1.96. The molecule has 1 aromatic carbocycles. The first-order valence-corrected chi connectivity index (χ1v) is 5.11. The molecule has 3 heteroatoms. The average molecular weight is 219 g/mol. The fraction of sp³-hybridized carbons (Fsp3) is 0.308. The molecule has 0 saturated carbocycles. The highest BCUT2D eigenvalue weighted by Crippen LogP contribution is 2.41. The monoisotopic (exact) mass is 219 g/mol. The molecule has 1 radical (unpaired) electrons. The van der Waals surface area contributed by atoms with E-state index < -0.39 is 0 Å². The molecule has 85 valence electrons. The first kappa shape index (κ1) is 11.0. The zero-order valence-corrected chi connectivity index (χ0v) is 9.69. The van der Waals surface area contributed by atoms with Crippen molar-refractivity contribution in [3.8, 4) is 11.5 Å². The van der Waals surface area contributed by atoms with Gasteiger partial charge >= 0.3 is 0 Å². The standard InChI is InChI=1S/C13H15O3/c1-14-10-6-4-5-9-7-8-11(15-2)13(16-3)12(9)10/h4-8,10H,1-3H3. The molecule has 1 unspecified atom stereocenters. The highest BCUT2D eigenvalue weighted by Gasteiger charge is 2.23. The lowest BCUT2D eigenvalue weighted by Gasteiger charge is -2.23. The third-order valence-corrected chi connectivity index (χ3v) is 2.72. The summed E-state index contributed by atoms with van der Waals surface area (Å²) in [5, 5.41) is 0. The van der Waals surface area contributed by atoms with E-state index in [1.165, 1.54) is 0 Å². The minimum absolute atomic E-state index is 0.0787. The van der Waals surface area contributed by atoms with E-state index in [9.17, 15) is 0 Å². The van der Waals surface area contributed by atoms with Crippen molar-refractivity contribution in [1.29, 1.82) is 0 Å². The van der Waals surface area contributed by atoms with Crippen molar-refractivity contribution in [3.05, 3.63) is 41.8 Å². The molecule has 16 heavy (non-hydrogen) atoms. The van der Waals surface area contributed by atoms with Gasteiger partial charge in [-0.2, -0.15) is 0 Å². The summed E-state index contributed by atoms with van der Waals surface area (Å²) >= 11 is 0. The van der Waals surface area contributed by atoms with Gasteiger partial charge in [0.15, 0.2) is 11.5 Å². The molecule has 1 aliphatic rings. The zero-order valence-electron chi connectivity index (χ0n) is 9.69. The first-order chi connectivity index (χ1) is 7.81. The van der Waals surface area contributed by atoms with E-state index in [4.69, 9.17) is 14.2 Å². The molecular weight excluding hydrogens is 204 g/mol. The van der Waals surface area contributed by atoms with Gasteiger partial charge in [0.05, 0.1) is 14.2 Å². The molecule has 0 N–H and O–H groups in total. The van der Waals surface area contributed by atoms with E-state index in [2.05, 4.69) is 0 Å². The molecule has 2 rings (SSSR count).